The fourth-order valence-corrected chi connectivity index (χ4v) is 3.14. The van der Waals surface area contributed by atoms with Gasteiger partial charge in [-0.2, -0.15) is 0 Å². The molecule has 3 rings (SSSR count). The van der Waals surface area contributed by atoms with Crippen LogP contribution in [0.15, 0.2) is 36.4 Å². The smallest absolute Gasteiger partial charge is 0.279 e. The number of anilines is 1. The predicted molar refractivity (Wildman–Crippen MR) is 89.4 cm³/mol. The van der Waals surface area contributed by atoms with E-state index < -0.39 is 0 Å². The quantitative estimate of drug-likeness (QED) is 0.684. The molecule has 0 fully saturated rings. The lowest BCUT2D eigenvalue weighted by Crippen LogP contribution is -1.94. The van der Waals surface area contributed by atoms with Crippen molar-refractivity contribution in [3.63, 3.8) is 0 Å². The number of aryl methyl sites for hydroxylation is 1. The second-order valence-corrected chi connectivity index (χ2v) is 6.50. The summed E-state index contributed by atoms with van der Waals surface area (Å²) < 4.78 is 7.09. The highest BCUT2D eigenvalue weighted by Crippen LogP contribution is 2.36. The third-order valence-electron chi connectivity index (χ3n) is 3.38. The summed E-state index contributed by atoms with van der Waals surface area (Å²) in [6, 6.07) is 12.0. The summed E-state index contributed by atoms with van der Waals surface area (Å²) in [7, 11) is 0. The first kappa shape index (κ1) is 13.9. The Labute approximate surface area is 128 Å². The number of ether oxygens (including phenoxy) is 1. The molecule has 3 aromatic rings. The first-order chi connectivity index (χ1) is 10.0. The molecule has 0 spiro atoms. The molecular weight excluding hydrogens is 280 g/mol. The van der Waals surface area contributed by atoms with Crippen molar-refractivity contribution in [3.05, 3.63) is 47.5 Å². The number of thiazole rings is 1. The van der Waals surface area contributed by atoms with Crippen molar-refractivity contribution in [2.45, 2.75) is 26.7 Å². The van der Waals surface area contributed by atoms with Crippen molar-refractivity contribution in [2.75, 3.05) is 5.73 Å². The number of rotatable bonds is 3. The molecule has 21 heavy (non-hydrogen) atoms. The van der Waals surface area contributed by atoms with E-state index in [1.807, 2.05) is 18.2 Å². The second-order valence-electron chi connectivity index (χ2n) is 5.50. The van der Waals surface area contributed by atoms with Crippen molar-refractivity contribution in [3.8, 4) is 10.9 Å². The van der Waals surface area contributed by atoms with E-state index in [1.165, 1.54) is 22.5 Å². The van der Waals surface area contributed by atoms with Crippen LogP contribution in [-0.2, 0) is 0 Å². The Kier molecular flexibility index (Phi) is 3.55. The van der Waals surface area contributed by atoms with Gasteiger partial charge in [0.2, 0.25) is 0 Å². The maximum atomic E-state index is 6.04. The van der Waals surface area contributed by atoms with Crippen LogP contribution in [0.3, 0.4) is 0 Å². The molecule has 0 aliphatic rings. The molecule has 0 aliphatic heterocycles. The summed E-state index contributed by atoms with van der Waals surface area (Å²) in [5, 5.41) is 0.656. The molecule has 0 radical (unpaired) electrons. The molecule has 0 atom stereocenters. The molecule has 2 N–H and O–H groups in total. The Morgan fingerprint density at radius 1 is 1.14 bits per heavy atom. The Morgan fingerprint density at radius 3 is 2.71 bits per heavy atom. The third kappa shape index (κ3) is 2.85. The SMILES string of the molecule is Cc1ccc(C(C)C)c(Oc2nc3ccc(N)cc3s2)c1. The van der Waals surface area contributed by atoms with Crippen molar-refractivity contribution >= 4 is 27.2 Å². The average Bonchev–Trinajstić information content (AvgIpc) is 2.79. The van der Waals surface area contributed by atoms with Gasteiger partial charge in [0.25, 0.3) is 5.19 Å². The first-order valence-corrected chi connectivity index (χ1v) is 7.79. The van der Waals surface area contributed by atoms with Gasteiger partial charge in [-0.05, 0) is 48.2 Å². The lowest BCUT2D eigenvalue weighted by atomic mass is 10.0. The lowest BCUT2D eigenvalue weighted by Gasteiger charge is -2.12. The maximum Gasteiger partial charge on any atom is 0.279 e. The van der Waals surface area contributed by atoms with E-state index in [0.29, 0.717) is 11.1 Å². The summed E-state index contributed by atoms with van der Waals surface area (Å²) in [4.78, 5) is 4.52. The van der Waals surface area contributed by atoms with Crippen LogP contribution in [0.2, 0.25) is 0 Å². The topological polar surface area (TPSA) is 48.1 Å². The zero-order valence-corrected chi connectivity index (χ0v) is 13.2. The van der Waals surface area contributed by atoms with Crippen LogP contribution in [-0.4, -0.2) is 4.98 Å². The van der Waals surface area contributed by atoms with E-state index in [1.54, 1.807) is 0 Å². The molecule has 3 nitrogen and oxygen atoms in total. The second kappa shape index (κ2) is 5.37. The van der Waals surface area contributed by atoms with E-state index >= 15 is 0 Å². The van der Waals surface area contributed by atoms with E-state index in [2.05, 4.69) is 44.0 Å². The number of hydrogen-bond acceptors (Lipinski definition) is 4. The Bertz CT molecular complexity index is 793. The molecule has 1 heterocycles. The molecule has 4 heteroatoms. The molecule has 1 aromatic heterocycles. The molecule has 0 unspecified atom stereocenters. The van der Waals surface area contributed by atoms with Crippen molar-refractivity contribution in [1.29, 1.82) is 0 Å². The highest BCUT2D eigenvalue weighted by Gasteiger charge is 2.12. The number of hydrogen-bond donors (Lipinski definition) is 1. The highest BCUT2D eigenvalue weighted by atomic mass is 32.1. The van der Waals surface area contributed by atoms with Crippen LogP contribution in [0.25, 0.3) is 10.2 Å². The zero-order valence-electron chi connectivity index (χ0n) is 12.4. The van der Waals surface area contributed by atoms with Gasteiger partial charge in [0.05, 0.1) is 10.2 Å². The van der Waals surface area contributed by atoms with Crippen LogP contribution in [0.1, 0.15) is 30.9 Å². The van der Waals surface area contributed by atoms with Gasteiger partial charge in [-0.1, -0.05) is 37.3 Å². The van der Waals surface area contributed by atoms with E-state index in [4.69, 9.17) is 10.5 Å². The summed E-state index contributed by atoms with van der Waals surface area (Å²) in [5.41, 5.74) is 9.85. The fourth-order valence-electron chi connectivity index (χ4n) is 2.26. The fraction of sp³-hybridized carbons (Fsp3) is 0.235. The largest absolute Gasteiger partial charge is 0.431 e. The lowest BCUT2D eigenvalue weighted by molar-refractivity contribution is 0.470. The monoisotopic (exact) mass is 298 g/mol. The number of benzene rings is 2. The predicted octanol–water partition coefficient (Wildman–Crippen LogP) is 5.10. The molecule has 0 bridgehead atoms. The average molecular weight is 298 g/mol. The molecule has 0 saturated heterocycles. The Hall–Kier alpha value is -2.07. The summed E-state index contributed by atoms with van der Waals surface area (Å²) in [5.74, 6) is 1.29. The van der Waals surface area contributed by atoms with Gasteiger partial charge in [-0.25, -0.2) is 4.98 Å². The number of nitrogen functional groups attached to an aromatic ring is 1. The minimum Gasteiger partial charge on any atom is -0.431 e. The standard InChI is InChI=1S/C17H18N2OS/c1-10(2)13-6-4-11(3)8-15(13)20-17-19-14-7-5-12(18)9-16(14)21-17/h4-10H,18H2,1-3H3. The van der Waals surface area contributed by atoms with Crippen molar-refractivity contribution in [1.82, 2.24) is 4.98 Å². The Morgan fingerprint density at radius 2 is 1.95 bits per heavy atom. The van der Waals surface area contributed by atoms with E-state index in [-0.39, 0.29) is 0 Å². The van der Waals surface area contributed by atoms with Gasteiger partial charge in [-0.3, -0.25) is 0 Å². The molecule has 2 aromatic carbocycles. The molecule has 0 aliphatic carbocycles. The van der Waals surface area contributed by atoms with Crippen LogP contribution in [0, 0.1) is 6.92 Å². The van der Waals surface area contributed by atoms with Gasteiger partial charge in [0.1, 0.15) is 5.75 Å². The van der Waals surface area contributed by atoms with Gasteiger partial charge < -0.3 is 10.5 Å². The number of nitrogens with two attached hydrogens (primary N) is 1. The van der Waals surface area contributed by atoms with Crippen LogP contribution < -0.4 is 10.5 Å². The van der Waals surface area contributed by atoms with Gasteiger partial charge in [0, 0.05) is 5.69 Å². The summed E-state index contributed by atoms with van der Waals surface area (Å²) in [6.45, 7) is 6.39. The van der Waals surface area contributed by atoms with Gasteiger partial charge in [0.15, 0.2) is 0 Å². The molecule has 0 saturated carbocycles. The molecule has 108 valence electrons. The third-order valence-corrected chi connectivity index (χ3v) is 4.28. The molecular formula is C17H18N2OS. The minimum atomic E-state index is 0.408. The number of fused-ring (bicyclic) bond motifs is 1. The van der Waals surface area contributed by atoms with E-state index in [0.717, 1.165) is 21.7 Å². The van der Waals surface area contributed by atoms with Crippen molar-refractivity contribution < 1.29 is 4.74 Å². The van der Waals surface area contributed by atoms with Crippen molar-refractivity contribution in [2.24, 2.45) is 0 Å². The van der Waals surface area contributed by atoms with Gasteiger partial charge in [-0.15, -0.1) is 0 Å². The molecule has 0 amide bonds. The van der Waals surface area contributed by atoms with Crippen LogP contribution in [0.4, 0.5) is 5.69 Å². The summed E-state index contributed by atoms with van der Waals surface area (Å²) in [6.07, 6.45) is 0. The highest BCUT2D eigenvalue weighted by molar-refractivity contribution is 7.20. The summed E-state index contributed by atoms with van der Waals surface area (Å²) >= 11 is 1.52. The van der Waals surface area contributed by atoms with Crippen LogP contribution in [0.5, 0.6) is 10.9 Å². The number of aromatic nitrogens is 1. The zero-order chi connectivity index (χ0) is 15.0. The van der Waals surface area contributed by atoms with Gasteiger partial charge >= 0.3 is 0 Å². The minimum absolute atomic E-state index is 0.408. The van der Waals surface area contributed by atoms with Crippen LogP contribution >= 0.6 is 11.3 Å². The maximum absolute atomic E-state index is 6.04. The normalized spacial score (nSPS) is 11.2. The Balaban J connectivity index is 2.00. The first-order valence-electron chi connectivity index (χ1n) is 6.97. The number of nitrogens with zero attached hydrogens (tertiary/aromatic N) is 1. The van der Waals surface area contributed by atoms with E-state index in [9.17, 15) is 0 Å².